The molecule has 5 aromatic carbocycles. The molecule has 1 amide bonds. The number of carbonyl (C=O) groups excluding carboxylic acids is 2. The number of ether oxygens (including phenoxy) is 3. The molecule has 4 atom stereocenters. The number of esters is 1. The zero-order valence-electron chi connectivity index (χ0n) is 36.0. The van der Waals surface area contributed by atoms with Gasteiger partial charge in [-0.25, -0.2) is 9.18 Å². The van der Waals surface area contributed by atoms with Crippen molar-refractivity contribution in [1.82, 2.24) is 15.2 Å². The van der Waals surface area contributed by atoms with Gasteiger partial charge >= 0.3 is 5.97 Å². The van der Waals surface area contributed by atoms with Gasteiger partial charge in [0.25, 0.3) is 0 Å². The number of aliphatic hydroxyl groups excluding tert-OH is 1. The Labute approximate surface area is 383 Å². The molecule has 3 heterocycles. The molecule has 330 valence electrons. The number of rotatable bonds is 13. The van der Waals surface area contributed by atoms with Gasteiger partial charge in [0.2, 0.25) is 5.91 Å². The minimum absolute atomic E-state index is 0.165. The number of nitrogens with zero attached hydrogens (tertiary/aromatic N) is 2. The summed E-state index contributed by atoms with van der Waals surface area (Å²) in [6.07, 6.45) is 3.32. The molecule has 0 spiro atoms. The van der Waals surface area contributed by atoms with E-state index in [1.54, 1.807) is 30.5 Å². The van der Waals surface area contributed by atoms with E-state index >= 15 is 0 Å². The molecular weight excluding hydrogens is 852 g/mol. The van der Waals surface area contributed by atoms with Crippen molar-refractivity contribution in [3.05, 3.63) is 181 Å². The number of hydrogen-bond acceptors (Lipinski definition) is 8. The second-order valence-electron chi connectivity index (χ2n) is 16.6. The number of halogens is 3. The van der Waals surface area contributed by atoms with Crippen molar-refractivity contribution < 1.29 is 33.3 Å². The molecule has 2 aliphatic heterocycles. The van der Waals surface area contributed by atoms with Gasteiger partial charge in [-0.1, -0.05) is 83.9 Å². The quantitative estimate of drug-likeness (QED) is 0.110. The Bertz CT molecular complexity index is 2640. The number of hydrogen-bond donors (Lipinski definition) is 2. The summed E-state index contributed by atoms with van der Waals surface area (Å²) in [6, 6.07) is 32.1. The van der Waals surface area contributed by atoms with Crippen LogP contribution in [0.2, 0.25) is 10.0 Å². The van der Waals surface area contributed by atoms with E-state index < -0.39 is 24.2 Å². The van der Waals surface area contributed by atoms with E-state index in [0.717, 1.165) is 79.9 Å². The van der Waals surface area contributed by atoms with E-state index in [4.69, 9.17) is 37.4 Å². The van der Waals surface area contributed by atoms with Crippen LogP contribution in [0.25, 0.3) is 11.1 Å². The average molecular weight is 903 g/mol. The SMILES string of the molecule is COC(=O)[C@H](Cc1ccc(-c2ccnc(C)c2C)cc1)NC(=O)[C@@H]1Cc2cc3c(cc2CN1Cc1cccc(F)c1)CC(c1ccc(OC(CO)c2ccc(Cl)c(Cl)c2)cc1)CCO3. The first kappa shape index (κ1) is 44.8. The Hall–Kier alpha value is -5.78. The van der Waals surface area contributed by atoms with E-state index in [-0.39, 0.29) is 30.7 Å². The van der Waals surface area contributed by atoms with Crippen LogP contribution in [0.4, 0.5) is 4.39 Å². The summed E-state index contributed by atoms with van der Waals surface area (Å²) in [5.74, 6) is 0.359. The van der Waals surface area contributed by atoms with Gasteiger partial charge in [-0.05, 0) is 143 Å². The summed E-state index contributed by atoms with van der Waals surface area (Å²) < 4.78 is 32.2. The van der Waals surface area contributed by atoms with E-state index in [2.05, 4.69) is 34.6 Å². The summed E-state index contributed by atoms with van der Waals surface area (Å²) >= 11 is 12.3. The highest BCUT2D eigenvalue weighted by Gasteiger charge is 2.35. The molecule has 0 radical (unpaired) electrons. The van der Waals surface area contributed by atoms with Crippen LogP contribution in [-0.2, 0) is 46.7 Å². The highest BCUT2D eigenvalue weighted by molar-refractivity contribution is 6.42. The zero-order valence-corrected chi connectivity index (χ0v) is 37.5. The number of methoxy groups -OCH3 is 1. The lowest BCUT2D eigenvalue weighted by Gasteiger charge is -2.37. The Morgan fingerprint density at radius 2 is 1.70 bits per heavy atom. The molecule has 0 saturated carbocycles. The first-order chi connectivity index (χ1) is 31.0. The lowest BCUT2D eigenvalue weighted by atomic mass is 9.86. The predicted molar refractivity (Wildman–Crippen MR) is 246 cm³/mol. The standard InChI is InChI=1S/C52H50Cl2FN3O6/c1-31-32(2)56-19-17-44(31)36-9-7-33(8-10-36)22-47(52(61)62-3)57-51(60)48-26-39-27-49-40(24-41(39)29-58(48)28-34-5-4-6-42(55)21-34)23-37(18-20-63-49)35-11-14-43(15-12-35)64-50(30-59)38-13-16-45(53)46(54)25-38/h4-17,19,21,24-25,27,37,47-48,50,59H,18,20,22-23,26,28-30H2,1-3H3,(H,57,60)/t37?,47-,48-,50?/m0/s1. The molecule has 64 heavy (non-hydrogen) atoms. The van der Waals surface area contributed by atoms with Crippen LogP contribution in [-0.4, -0.2) is 59.3 Å². The molecular formula is C52H50Cl2FN3O6. The maximum absolute atomic E-state index is 14.5. The van der Waals surface area contributed by atoms with Crippen LogP contribution in [0, 0.1) is 19.7 Å². The fourth-order valence-corrected chi connectivity index (χ4v) is 9.10. The van der Waals surface area contributed by atoms with Gasteiger partial charge in [-0.2, -0.15) is 0 Å². The number of amides is 1. The topological polar surface area (TPSA) is 110 Å². The number of pyridine rings is 1. The van der Waals surface area contributed by atoms with Crippen molar-refractivity contribution in [3.63, 3.8) is 0 Å². The minimum Gasteiger partial charge on any atom is -0.493 e. The number of fused-ring (bicyclic) bond motifs is 2. The first-order valence-corrected chi connectivity index (χ1v) is 22.2. The van der Waals surface area contributed by atoms with Crippen LogP contribution < -0.4 is 14.8 Å². The molecule has 8 rings (SSSR count). The number of aryl methyl sites for hydroxylation is 1. The van der Waals surface area contributed by atoms with E-state index in [9.17, 15) is 19.1 Å². The number of nitrogens with one attached hydrogen (secondary N) is 1. The number of carbonyl (C=O) groups is 2. The molecule has 0 aliphatic carbocycles. The van der Waals surface area contributed by atoms with Crippen molar-refractivity contribution in [3.8, 4) is 22.6 Å². The molecule has 2 aliphatic rings. The maximum atomic E-state index is 14.5. The number of aromatic nitrogens is 1. The highest BCUT2D eigenvalue weighted by Crippen LogP contribution is 2.38. The number of benzene rings is 5. The number of aliphatic hydroxyl groups is 1. The Morgan fingerprint density at radius 3 is 2.44 bits per heavy atom. The predicted octanol–water partition coefficient (Wildman–Crippen LogP) is 9.86. The summed E-state index contributed by atoms with van der Waals surface area (Å²) in [7, 11) is 1.32. The highest BCUT2D eigenvalue weighted by atomic mass is 35.5. The molecule has 2 unspecified atom stereocenters. The Balaban J connectivity index is 1.00. The second-order valence-corrected chi connectivity index (χ2v) is 17.4. The van der Waals surface area contributed by atoms with Crippen LogP contribution in [0.5, 0.6) is 11.5 Å². The molecule has 12 heteroatoms. The van der Waals surface area contributed by atoms with Gasteiger partial charge in [-0.15, -0.1) is 0 Å². The van der Waals surface area contributed by atoms with Gasteiger partial charge in [0.15, 0.2) is 0 Å². The minimum atomic E-state index is -0.933. The Morgan fingerprint density at radius 1 is 0.906 bits per heavy atom. The second kappa shape index (κ2) is 19.9. The molecule has 2 N–H and O–H groups in total. The monoisotopic (exact) mass is 901 g/mol. The van der Waals surface area contributed by atoms with E-state index in [1.807, 2.05) is 67.3 Å². The van der Waals surface area contributed by atoms with Gasteiger partial charge in [0.1, 0.15) is 29.5 Å². The molecule has 9 nitrogen and oxygen atoms in total. The van der Waals surface area contributed by atoms with Crippen molar-refractivity contribution in [1.29, 1.82) is 0 Å². The van der Waals surface area contributed by atoms with Crippen molar-refractivity contribution >= 4 is 35.1 Å². The van der Waals surface area contributed by atoms with Crippen molar-refractivity contribution in [2.45, 2.75) is 76.7 Å². The molecule has 1 aromatic heterocycles. The van der Waals surface area contributed by atoms with Crippen LogP contribution in [0.15, 0.2) is 115 Å². The van der Waals surface area contributed by atoms with Crippen LogP contribution in [0.1, 0.15) is 68.6 Å². The molecule has 6 aromatic rings. The summed E-state index contributed by atoms with van der Waals surface area (Å²) in [5, 5.41) is 14.0. The largest absolute Gasteiger partial charge is 0.493 e. The van der Waals surface area contributed by atoms with Crippen LogP contribution >= 0.6 is 23.2 Å². The third-order valence-electron chi connectivity index (χ3n) is 12.5. The van der Waals surface area contributed by atoms with E-state index in [1.165, 1.54) is 19.2 Å². The lowest BCUT2D eigenvalue weighted by molar-refractivity contribution is -0.145. The summed E-state index contributed by atoms with van der Waals surface area (Å²) in [4.78, 5) is 34.1. The van der Waals surface area contributed by atoms with Crippen LogP contribution in [0.3, 0.4) is 0 Å². The van der Waals surface area contributed by atoms with Gasteiger partial charge in [0.05, 0.1) is 36.4 Å². The van der Waals surface area contributed by atoms with Gasteiger partial charge in [0, 0.05) is 31.4 Å². The maximum Gasteiger partial charge on any atom is 0.328 e. The lowest BCUT2D eigenvalue weighted by Crippen LogP contribution is -2.54. The van der Waals surface area contributed by atoms with Crippen molar-refractivity contribution in [2.24, 2.45) is 0 Å². The van der Waals surface area contributed by atoms with E-state index in [0.29, 0.717) is 41.9 Å². The van der Waals surface area contributed by atoms with Gasteiger partial charge in [-0.3, -0.25) is 14.7 Å². The first-order valence-electron chi connectivity index (χ1n) is 21.4. The average Bonchev–Trinajstić information content (AvgIpc) is 3.51. The molecule has 0 saturated heterocycles. The fraction of sp³-hybridized carbons (Fsp3) is 0.288. The summed E-state index contributed by atoms with van der Waals surface area (Å²) in [6.45, 7) is 5.05. The zero-order chi connectivity index (χ0) is 44.9. The van der Waals surface area contributed by atoms with Crippen molar-refractivity contribution in [2.75, 3.05) is 20.3 Å². The third-order valence-corrected chi connectivity index (χ3v) is 13.2. The fourth-order valence-electron chi connectivity index (χ4n) is 8.79. The smallest absolute Gasteiger partial charge is 0.328 e. The molecule has 0 fully saturated rings. The molecule has 0 bridgehead atoms. The van der Waals surface area contributed by atoms with Gasteiger partial charge < -0.3 is 24.6 Å². The summed E-state index contributed by atoms with van der Waals surface area (Å²) in [5.41, 5.74) is 10.8. The Kier molecular flexibility index (Phi) is 14.0. The third kappa shape index (κ3) is 10.3. The normalized spacial score (nSPS) is 16.9.